The molecule has 0 atom stereocenters. The van der Waals surface area contributed by atoms with Crippen LogP contribution < -0.4 is 15.0 Å². The number of benzene rings is 3. The van der Waals surface area contributed by atoms with E-state index in [4.69, 9.17) is 14.2 Å². The molecule has 5 rings (SSSR count). The summed E-state index contributed by atoms with van der Waals surface area (Å²) < 4.78 is 30.8. The molecule has 0 radical (unpaired) electrons. The molecular weight excluding hydrogens is 401 g/mol. The van der Waals surface area contributed by atoms with Crippen LogP contribution in [0.2, 0.25) is 0 Å². The van der Waals surface area contributed by atoms with Gasteiger partial charge in [0.1, 0.15) is 12.4 Å². The van der Waals surface area contributed by atoms with Crippen molar-refractivity contribution in [1.29, 1.82) is 0 Å². The van der Waals surface area contributed by atoms with Crippen LogP contribution in [0.1, 0.15) is 15.9 Å². The van der Waals surface area contributed by atoms with E-state index in [2.05, 4.69) is 0 Å². The summed E-state index contributed by atoms with van der Waals surface area (Å²) in [6.07, 6.45) is 1.43. The van der Waals surface area contributed by atoms with Gasteiger partial charge in [-0.25, -0.2) is 9.18 Å². The maximum absolute atomic E-state index is 13.3. The molecule has 31 heavy (non-hydrogen) atoms. The Labute approximate surface area is 176 Å². The van der Waals surface area contributed by atoms with Crippen molar-refractivity contribution in [1.82, 2.24) is 4.57 Å². The average Bonchev–Trinajstić information content (AvgIpc) is 3.27. The van der Waals surface area contributed by atoms with Crippen molar-refractivity contribution in [2.45, 2.75) is 6.61 Å². The van der Waals surface area contributed by atoms with Crippen molar-refractivity contribution in [3.05, 3.63) is 100 Å². The van der Waals surface area contributed by atoms with E-state index in [-0.39, 0.29) is 24.5 Å². The Hall–Kier alpha value is -4.13. The molecule has 0 amide bonds. The average molecular weight is 417 g/mol. The van der Waals surface area contributed by atoms with Crippen molar-refractivity contribution in [3.63, 3.8) is 0 Å². The van der Waals surface area contributed by atoms with E-state index in [9.17, 15) is 14.0 Å². The maximum atomic E-state index is 13.3. The van der Waals surface area contributed by atoms with Crippen LogP contribution in [0.25, 0.3) is 16.5 Å². The van der Waals surface area contributed by atoms with Crippen LogP contribution in [0.4, 0.5) is 4.39 Å². The molecule has 1 aliphatic rings. The topological polar surface area (TPSA) is 66.8 Å². The Balaban J connectivity index is 1.51. The normalized spacial score (nSPS) is 12.2. The van der Waals surface area contributed by atoms with Crippen molar-refractivity contribution in [2.75, 3.05) is 6.79 Å². The molecule has 0 N–H and O–H groups in total. The Morgan fingerprint density at radius 2 is 1.71 bits per heavy atom. The van der Waals surface area contributed by atoms with Gasteiger partial charge >= 0.3 is 5.97 Å². The predicted octanol–water partition coefficient (Wildman–Crippen LogP) is 4.22. The van der Waals surface area contributed by atoms with Crippen molar-refractivity contribution in [3.8, 4) is 17.2 Å². The fraction of sp³-hybridized carbons (Fsp3) is 0.0833. The minimum Gasteiger partial charge on any atom is -0.457 e. The highest BCUT2D eigenvalue weighted by Crippen LogP contribution is 2.32. The molecule has 0 bridgehead atoms. The molecule has 4 aromatic rings. The molecule has 0 aliphatic carbocycles. The highest BCUT2D eigenvalue weighted by Gasteiger charge is 2.18. The van der Waals surface area contributed by atoms with Gasteiger partial charge in [-0.1, -0.05) is 24.3 Å². The summed E-state index contributed by atoms with van der Waals surface area (Å²) in [6.45, 7) is 0.189. The first-order valence-electron chi connectivity index (χ1n) is 9.56. The van der Waals surface area contributed by atoms with Crippen LogP contribution in [0, 0.1) is 5.82 Å². The number of carbonyl (C=O) groups excluding carboxylic acids is 1. The monoisotopic (exact) mass is 417 g/mol. The van der Waals surface area contributed by atoms with Gasteiger partial charge in [-0.15, -0.1) is 0 Å². The summed E-state index contributed by atoms with van der Waals surface area (Å²) in [5.41, 5.74) is 1.12. The minimum absolute atomic E-state index is 0.0273. The van der Waals surface area contributed by atoms with Gasteiger partial charge in [-0.2, -0.15) is 0 Å². The number of halogens is 1. The summed E-state index contributed by atoms with van der Waals surface area (Å²) in [5.74, 6) is 0.252. The lowest BCUT2D eigenvalue weighted by atomic mass is 10.1. The number of rotatable bonds is 4. The highest BCUT2D eigenvalue weighted by molar-refractivity contribution is 6.04. The zero-order chi connectivity index (χ0) is 21.4. The van der Waals surface area contributed by atoms with Gasteiger partial charge in [-0.3, -0.25) is 9.36 Å². The van der Waals surface area contributed by atoms with E-state index >= 15 is 0 Å². The van der Waals surface area contributed by atoms with Gasteiger partial charge < -0.3 is 14.2 Å². The van der Waals surface area contributed by atoms with Crippen molar-refractivity contribution < 1.29 is 23.4 Å². The second-order valence-corrected chi connectivity index (χ2v) is 7.00. The number of hydrogen-bond donors (Lipinski definition) is 0. The molecule has 0 fully saturated rings. The molecule has 0 saturated heterocycles. The molecule has 2 heterocycles. The predicted molar refractivity (Wildman–Crippen MR) is 111 cm³/mol. The molecule has 1 aliphatic heterocycles. The molecule has 154 valence electrons. The molecular formula is C24H16FNO5. The first-order valence-corrected chi connectivity index (χ1v) is 9.56. The number of nitrogens with zero attached hydrogens (tertiary/aromatic N) is 1. The molecule has 0 spiro atoms. The summed E-state index contributed by atoms with van der Waals surface area (Å²) in [7, 11) is 0. The fourth-order valence-electron chi connectivity index (χ4n) is 3.51. The molecule has 3 aromatic carbocycles. The second-order valence-electron chi connectivity index (χ2n) is 7.00. The summed E-state index contributed by atoms with van der Waals surface area (Å²) in [4.78, 5) is 25.9. The number of aromatic nitrogens is 1. The van der Waals surface area contributed by atoms with Crippen LogP contribution >= 0.6 is 0 Å². The molecule has 6 nitrogen and oxygen atoms in total. The van der Waals surface area contributed by atoms with E-state index in [0.29, 0.717) is 28.0 Å². The van der Waals surface area contributed by atoms with Crippen LogP contribution in [-0.2, 0) is 11.3 Å². The Morgan fingerprint density at radius 3 is 2.52 bits per heavy atom. The van der Waals surface area contributed by atoms with Crippen LogP contribution in [0.5, 0.6) is 11.5 Å². The van der Waals surface area contributed by atoms with Crippen LogP contribution in [0.3, 0.4) is 0 Å². The van der Waals surface area contributed by atoms with E-state index in [1.165, 1.54) is 35.0 Å². The largest absolute Gasteiger partial charge is 0.457 e. The third-order valence-corrected chi connectivity index (χ3v) is 5.06. The summed E-state index contributed by atoms with van der Waals surface area (Å²) in [5, 5.41) is 0.853. The summed E-state index contributed by atoms with van der Waals surface area (Å²) in [6, 6.07) is 17.6. The molecule has 0 saturated carbocycles. The number of pyridine rings is 1. The van der Waals surface area contributed by atoms with Gasteiger partial charge in [0, 0.05) is 22.7 Å². The molecule has 7 heteroatoms. The van der Waals surface area contributed by atoms with E-state index in [1.807, 2.05) is 0 Å². The zero-order valence-corrected chi connectivity index (χ0v) is 16.2. The first-order chi connectivity index (χ1) is 15.1. The number of esters is 1. The van der Waals surface area contributed by atoms with E-state index in [0.717, 1.165) is 5.56 Å². The van der Waals surface area contributed by atoms with Gasteiger partial charge in [-0.05, 0) is 48.0 Å². The Morgan fingerprint density at radius 1 is 0.968 bits per heavy atom. The van der Waals surface area contributed by atoms with Crippen molar-refractivity contribution in [2.24, 2.45) is 0 Å². The third kappa shape index (κ3) is 3.50. The van der Waals surface area contributed by atoms with Crippen molar-refractivity contribution >= 4 is 16.7 Å². The number of hydrogen-bond acceptors (Lipinski definition) is 5. The maximum Gasteiger partial charge on any atom is 0.340 e. The zero-order valence-electron chi connectivity index (χ0n) is 16.2. The lowest BCUT2D eigenvalue weighted by Gasteiger charge is -2.12. The lowest BCUT2D eigenvalue weighted by molar-refractivity contribution is 0.0474. The highest BCUT2D eigenvalue weighted by atomic mass is 19.1. The van der Waals surface area contributed by atoms with E-state index in [1.54, 1.807) is 42.5 Å². The second kappa shape index (κ2) is 7.60. The lowest BCUT2D eigenvalue weighted by Crippen LogP contribution is -2.21. The number of fused-ring (bicyclic) bond motifs is 2. The fourth-order valence-corrected chi connectivity index (χ4v) is 3.51. The number of carbonyl (C=O) groups is 1. The minimum atomic E-state index is -0.579. The molecule has 0 unspecified atom stereocenters. The smallest absolute Gasteiger partial charge is 0.340 e. The van der Waals surface area contributed by atoms with Gasteiger partial charge in [0.05, 0.1) is 5.56 Å². The SMILES string of the molecule is O=C(OCc1ccc2c(c1)OCO2)c1cn(-c2ccc(F)cc2)c(=O)c2ccccc12. The Kier molecular flexibility index (Phi) is 4.63. The van der Waals surface area contributed by atoms with Gasteiger partial charge in [0.2, 0.25) is 6.79 Å². The van der Waals surface area contributed by atoms with Gasteiger partial charge in [0.15, 0.2) is 11.5 Å². The summed E-state index contributed by atoms with van der Waals surface area (Å²) >= 11 is 0. The quantitative estimate of drug-likeness (QED) is 0.465. The first kappa shape index (κ1) is 18.9. The number of ether oxygens (including phenoxy) is 3. The standard InChI is InChI=1S/C24H16FNO5/c25-16-6-8-17(9-7-16)26-12-20(18-3-1-2-4-19(18)23(26)27)24(28)29-13-15-5-10-21-22(11-15)31-14-30-21/h1-12H,13-14H2. The Bertz CT molecular complexity index is 1360. The molecule has 1 aromatic heterocycles. The van der Waals surface area contributed by atoms with E-state index < -0.39 is 11.8 Å². The van der Waals surface area contributed by atoms with Gasteiger partial charge in [0.25, 0.3) is 5.56 Å². The third-order valence-electron chi connectivity index (χ3n) is 5.06. The van der Waals surface area contributed by atoms with Crippen LogP contribution in [0.15, 0.2) is 77.7 Å². The van der Waals surface area contributed by atoms with Crippen LogP contribution in [-0.4, -0.2) is 17.3 Å².